The lowest BCUT2D eigenvalue weighted by molar-refractivity contribution is 0.102. The van der Waals surface area contributed by atoms with E-state index in [0.29, 0.717) is 23.9 Å². The molecule has 0 bridgehead atoms. The number of amides is 1. The summed E-state index contributed by atoms with van der Waals surface area (Å²) in [6, 6.07) is 10.1. The lowest BCUT2D eigenvalue weighted by atomic mass is 10.1. The van der Waals surface area contributed by atoms with Gasteiger partial charge in [-0.2, -0.15) is 4.31 Å². The molecule has 2 aromatic carbocycles. The lowest BCUT2D eigenvalue weighted by Gasteiger charge is -2.17. The van der Waals surface area contributed by atoms with Crippen LogP contribution < -0.4 is 5.32 Å². The topological polar surface area (TPSA) is 79.4 Å². The van der Waals surface area contributed by atoms with Crippen LogP contribution in [-0.2, 0) is 10.0 Å². The fourth-order valence-corrected chi connectivity index (χ4v) is 6.25. The van der Waals surface area contributed by atoms with E-state index in [-0.39, 0.29) is 21.3 Å². The van der Waals surface area contributed by atoms with Crippen LogP contribution in [0.2, 0.25) is 5.02 Å². The summed E-state index contributed by atoms with van der Waals surface area (Å²) in [7, 11) is -3.76. The zero-order valence-electron chi connectivity index (χ0n) is 16.6. The Morgan fingerprint density at radius 3 is 2.52 bits per heavy atom. The number of aromatic nitrogens is 1. The molecule has 0 aliphatic carbocycles. The predicted octanol–water partition coefficient (Wildman–Crippen LogP) is 4.95. The maximum atomic E-state index is 13.2. The van der Waals surface area contributed by atoms with Crippen molar-refractivity contribution in [1.29, 1.82) is 0 Å². The second-order valence-corrected chi connectivity index (χ2v) is 10.7. The van der Waals surface area contributed by atoms with Gasteiger partial charge in [-0.3, -0.25) is 10.1 Å². The molecule has 10 heteroatoms. The summed E-state index contributed by atoms with van der Waals surface area (Å²) in [4.78, 5) is 18.0. The fraction of sp³-hybridized carbons (Fsp3) is 0.238. The molecule has 1 saturated heterocycles. The largest absolute Gasteiger partial charge is 0.298 e. The monoisotopic (exact) mass is 479 g/mol. The molecule has 0 radical (unpaired) electrons. The first-order chi connectivity index (χ1) is 14.8. The van der Waals surface area contributed by atoms with Gasteiger partial charge >= 0.3 is 0 Å². The third kappa shape index (κ3) is 4.50. The highest BCUT2D eigenvalue weighted by atomic mass is 35.5. The second kappa shape index (κ2) is 8.66. The molecular weight excluding hydrogens is 461 g/mol. The Hall–Kier alpha value is -2.33. The molecule has 0 spiro atoms. The summed E-state index contributed by atoms with van der Waals surface area (Å²) in [6.07, 6.45) is 1.60. The molecule has 2 heterocycles. The zero-order chi connectivity index (χ0) is 22.2. The van der Waals surface area contributed by atoms with Gasteiger partial charge < -0.3 is 0 Å². The Morgan fingerprint density at radius 2 is 1.84 bits per heavy atom. The molecule has 1 fully saturated rings. The van der Waals surface area contributed by atoms with Gasteiger partial charge in [0.25, 0.3) is 5.91 Å². The highest BCUT2D eigenvalue weighted by Gasteiger charge is 2.30. The van der Waals surface area contributed by atoms with Crippen molar-refractivity contribution in [2.45, 2.75) is 24.7 Å². The Balaban J connectivity index is 1.58. The molecule has 0 unspecified atom stereocenters. The SMILES string of the molecule is Cc1sc(NC(=O)c2ccc(Cl)c(S(=O)(=O)N3CCCC3)c2)nc1-c1ccc(F)cc1. The highest BCUT2D eigenvalue weighted by molar-refractivity contribution is 7.89. The first-order valence-corrected chi connectivity index (χ1v) is 12.2. The van der Waals surface area contributed by atoms with Crippen LogP contribution >= 0.6 is 22.9 Å². The second-order valence-electron chi connectivity index (χ2n) is 7.14. The normalized spacial score (nSPS) is 14.7. The summed E-state index contributed by atoms with van der Waals surface area (Å²) in [6.45, 7) is 2.74. The third-order valence-corrected chi connectivity index (χ3v) is 8.28. The van der Waals surface area contributed by atoms with Crippen LogP contribution in [0, 0.1) is 12.7 Å². The van der Waals surface area contributed by atoms with Crippen molar-refractivity contribution in [2.75, 3.05) is 18.4 Å². The number of anilines is 1. The van der Waals surface area contributed by atoms with Crippen LogP contribution in [0.15, 0.2) is 47.4 Å². The Morgan fingerprint density at radius 1 is 1.16 bits per heavy atom. The van der Waals surface area contributed by atoms with E-state index in [9.17, 15) is 17.6 Å². The number of hydrogen-bond donors (Lipinski definition) is 1. The molecule has 162 valence electrons. The molecule has 4 rings (SSSR count). The average Bonchev–Trinajstić information content (AvgIpc) is 3.39. The first-order valence-electron chi connectivity index (χ1n) is 9.60. The van der Waals surface area contributed by atoms with E-state index < -0.39 is 15.9 Å². The van der Waals surface area contributed by atoms with E-state index in [4.69, 9.17) is 11.6 Å². The molecule has 3 aromatic rings. The number of nitrogens with zero attached hydrogens (tertiary/aromatic N) is 2. The van der Waals surface area contributed by atoms with E-state index in [1.165, 1.54) is 46.0 Å². The van der Waals surface area contributed by atoms with Crippen LogP contribution in [0.1, 0.15) is 28.1 Å². The number of thiazole rings is 1. The summed E-state index contributed by atoms with van der Waals surface area (Å²) in [5.74, 6) is -0.832. The van der Waals surface area contributed by atoms with Gasteiger partial charge in [0, 0.05) is 29.1 Å². The van der Waals surface area contributed by atoms with E-state index >= 15 is 0 Å². The van der Waals surface area contributed by atoms with Gasteiger partial charge in [0.2, 0.25) is 10.0 Å². The summed E-state index contributed by atoms with van der Waals surface area (Å²) < 4.78 is 40.3. The van der Waals surface area contributed by atoms with E-state index in [1.54, 1.807) is 12.1 Å². The van der Waals surface area contributed by atoms with Gasteiger partial charge in [-0.15, -0.1) is 11.3 Å². The number of carbonyl (C=O) groups is 1. The number of benzene rings is 2. The minimum Gasteiger partial charge on any atom is -0.298 e. The van der Waals surface area contributed by atoms with Crippen LogP contribution in [0.4, 0.5) is 9.52 Å². The molecule has 31 heavy (non-hydrogen) atoms. The Kier molecular flexibility index (Phi) is 6.11. The van der Waals surface area contributed by atoms with Crippen molar-refractivity contribution >= 4 is 44.0 Å². The van der Waals surface area contributed by atoms with Crippen molar-refractivity contribution in [3.8, 4) is 11.3 Å². The minimum atomic E-state index is -3.76. The molecule has 1 aromatic heterocycles. The standard InChI is InChI=1S/C21H19ClFN3O3S2/c1-13-19(14-4-7-16(23)8-5-14)24-21(30-13)25-20(27)15-6-9-17(22)18(12-15)31(28,29)26-10-2-3-11-26/h4-9,12H,2-3,10-11H2,1H3,(H,24,25,27). The third-order valence-electron chi connectivity index (χ3n) is 5.01. The summed E-state index contributed by atoms with van der Waals surface area (Å²) in [5.41, 5.74) is 1.55. The van der Waals surface area contributed by atoms with Crippen molar-refractivity contribution in [1.82, 2.24) is 9.29 Å². The number of hydrogen-bond acceptors (Lipinski definition) is 5. The molecule has 1 N–H and O–H groups in total. The van der Waals surface area contributed by atoms with Crippen LogP contribution in [0.25, 0.3) is 11.3 Å². The Bertz CT molecular complexity index is 1240. The van der Waals surface area contributed by atoms with Crippen molar-refractivity contribution in [3.63, 3.8) is 0 Å². The van der Waals surface area contributed by atoms with Gasteiger partial charge in [-0.05, 0) is 62.2 Å². The summed E-state index contributed by atoms with van der Waals surface area (Å²) in [5, 5.41) is 3.15. The number of aryl methyl sites for hydroxylation is 1. The first kappa shape index (κ1) is 21.9. The predicted molar refractivity (Wildman–Crippen MR) is 120 cm³/mol. The van der Waals surface area contributed by atoms with Gasteiger partial charge in [-0.1, -0.05) is 11.6 Å². The van der Waals surface area contributed by atoms with Gasteiger partial charge in [0.15, 0.2) is 5.13 Å². The highest BCUT2D eigenvalue weighted by Crippen LogP contribution is 2.32. The maximum Gasteiger partial charge on any atom is 0.257 e. The van der Waals surface area contributed by atoms with Crippen LogP contribution in [0.3, 0.4) is 0 Å². The molecule has 1 amide bonds. The number of carbonyl (C=O) groups excluding carboxylic acids is 1. The zero-order valence-corrected chi connectivity index (χ0v) is 19.0. The molecule has 0 saturated carbocycles. The van der Waals surface area contributed by atoms with Crippen LogP contribution in [0.5, 0.6) is 0 Å². The number of rotatable bonds is 5. The molecule has 1 aliphatic rings. The molecule has 0 atom stereocenters. The van der Waals surface area contributed by atoms with E-state index in [0.717, 1.165) is 23.3 Å². The quantitative estimate of drug-likeness (QED) is 0.561. The number of nitrogens with one attached hydrogen (secondary N) is 1. The summed E-state index contributed by atoms with van der Waals surface area (Å²) >= 11 is 7.43. The Labute approximate surface area is 188 Å². The number of halogens is 2. The van der Waals surface area contributed by atoms with Crippen molar-refractivity contribution < 1.29 is 17.6 Å². The van der Waals surface area contributed by atoms with Gasteiger partial charge in [0.1, 0.15) is 10.7 Å². The fourth-order valence-electron chi connectivity index (χ4n) is 3.40. The van der Waals surface area contributed by atoms with Crippen molar-refractivity contribution in [2.24, 2.45) is 0 Å². The van der Waals surface area contributed by atoms with E-state index in [1.807, 2.05) is 6.92 Å². The average molecular weight is 480 g/mol. The smallest absolute Gasteiger partial charge is 0.257 e. The lowest BCUT2D eigenvalue weighted by Crippen LogP contribution is -2.28. The minimum absolute atomic E-state index is 0.0761. The molecule has 6 nitrogen and oxygen atoms in total. The number of sulfonamides is 1. The van der Waals surface area contributed by atoms with Crippen LogP contribution in [-0.4, -0.2) is 36.7 Å². The molecule has 1 aliphatic heterocycles. The molecular formula is C21H19ClFN3O3S2. The maximum absolute atomic E-state index is 13.2. The van der Waals surface area contributed by atoms with Crippen molar-refractivity contribution in [3.05, 3.63) is 63.7 Å². The van der Waals surface area contributed by atoms with Gasteiger partial charge in [0.05, 0.1) is 10.7 Å². The van der Waals surface area contributed by atoms with E-state index in [2.05, 4.69) is 10.3 Å². The van der Waals surface area contributed by atoms with Gasteiger partial charge in [-0.25, -0.2) is 17.8 Å².